The molecule has 1 aromatic carbocycles. The third kappa shape index (κ3) is 1.83. The summed E-state index contributed by atoms with van der Waals surface area (Å²) in [6.07, 6.45) is 0. The molecule has 0 saturated carbocycles. The van der Waals surface area contributed by atoms with Gasteiger partial charge in [-0.05, 0) is 6.07 Å². The predicted molar refractivity (Wildman–Crippen MR) is 50.6 cm³/mol. The molecule has 0 radical (unpaired) electrons. The zero-order valence-electron chi connectivity index (χ0n) is 7.90. The van der Waals surface area contributed by atoms with Crippen LogP contribution >= 0.6 is 0 Å². The van der Waals surface area contributed by atoms with Gasteiger partial charge in [0, 0.05) is 0 Å². The maximum absolute atomic E-state index is 11.1. The highest BCUT2D eigenvalue weighted by atomic mass is 16.5. The molecule has 0 fully saturated rings. The highest BCUT2D eigenvalue weighted by Gasteiger charge is 2.09. The Hall–Kier alpha value is -2.02. The molecule has 0 atom stereocenters. The fraction of sp³-hybridized carbons (Fsp3) is 0.200. The second-order valence-corrected chi connectivity index (χ2v) is 2.49. The summed E-state index contributed by atoms with van der Waals surface area (Å²) in [4.78, 5) is 14.4. The third-order valence-electron chi connectivity index (χ3n) is 1.72. The molecule has 0 saturated heterocycles. The number of methoxy groups -OCH3 is 2. The number of benzene rings is 1. The second-order valence-electron chi connectivity index (χ2n) is 2.49. The van der Waals surface area contributed by atoms with Gasteiger partial charge in [0.05, 0.1) is 26.4 Å². The summed E-state index contributed by atoms with van der Waals surface area (Å²) in [5.74, 6) is -0.0669. The molecule has 0 N–H and O–H groups in total. The molecule has 0 unspecified atom stereocenters. The van der Waals surface area contributed by atoms with Crippen molar-refractivity contribution in [2.75, 3.05) is 14.2 Å². The molecule has 0 heterocycles. The lowest BCUT2D eigenvalue weighted by molar-refractivity contribution is 0.0600. The maximum Gasteiger partial charge on any atom is 0.337 e. The molecule has 4 heteroatoms. The van der Waals surface area contributed by atoms with Gasteiger partial charge in [0.25, 0.3) is 0 Å². The minimum Gasteiger partial charge on any atom is -0.508 e. The Bertz CT molecular complexity index is 393. The van der Waals surface area contributed by atoms with Crippen molar-refractivity contribution in [3.05, 3.63) is 35.2 Å². The van der Waals surface area contributed by atoms with Crippen molar-refractivity contribution >= 4 is 11.7 Å². The highest BCUT2D eigenvalue weighted by molar-refractivity contribution is 5.90. The Labute approximate surface area is 81.9 Å². The van der Waals surface area contributed by atoms with E-state index >= 15 is 0 Å². The Kier molecular flexibility index (Phi) is 3.08. The molecular weight excluding hydrogens is 182 g/mol. The van der Waals surface area contributed by atoms with Crippen LogP contribution in [0.15, 0.2) is 18.2 Å². The van der Waals surface area contributed by atoms with Crippen molar-refractivity contribution in [3.8, 4) is 5.75 Å². The van der Waals surface area contributed by atoms with Gasteiger partial charge in [0.1, 0.15) is 5.75 Å². The summed E-state index contributed by atoms with van der Waals surface area (Å²) < 4.78 is 9.49. The van der Waals surface area contributed by atoms with Crippen LogP contribution in [0.5, 0.6) is 5.75 Å². The van der Waals surface area contributed by atoms with E-state index in [2.05, 4.69) is 9.58 Å². The summed E-state index contributed by atoms with van der Waals surface area (Å²) in [5, 5.41) is 0. The van der Waals surface area contributed by atoms with E-state index in [0.717, 1.165) is 0 Å². The molecule has 0 bridgehead atoms. The summed E-state index contributed by atoms with van der Waals surface area (Å²) >= 11 is 0. The number of rotatable bonds is 2. The van der Waals surface area contributed by atoms with Crippen molar-refractivity contribution in [3.63, 3.8) is 0 Å². The number of ether oxygens (including phenoxy) is 2. The highest BCUT2D eigenvalue weighted by Crippen LogP contribution is 2.28. The van der Waals surface area contributed by atoms with Gasteiger partial charge in [-0.2, -0.15) is 0 Å². The smallest absolute Gasteiger partial charge is 0.337 e. The first-order chi connectivity index (χ1) is 6.72. The van der Waals surface area contributed by atoms with Crippen LogP contribution in [0.3, 0.4) is 0 Å². The second kappa shape index (κ2) is 4.28. The first-order valence-electron chi connectivity index (χ1n) is 3.86. The maximum atomic E-state index is 11.1. The van der Waals surface area contributed by atoms with E-state index in [9.17, 15) is 4.79 Å². The van der Waals surface area contributed by atoms with Gasteiger partial charge >= 0.3 is 5.97 Å². The molecule has 4 nitrogen and oxygen atoms in total. The molecule has 1 rings (SSSR count). The first kappa shape index (κ1) is 10.1. The zero-order chi connectivity index (χ0) is 10.6. The molecule has 0 amide bonds. The van der Waals surface area contributed by atoms with Crippen molar-refractivity contribution in [1.29, 1.82) is 0 Å². The van der Waals surface area contributed by atoms with Gasteiger partial charge in [-0.1, -0.05) is 12.1 Å². The van der Waals surface area contributed by atoms with E-state index in [1.54, 1.807) is 0 Å². The lowest BCUT2D eigenvalue weighted by atomic mass is 10.2. The monoisotopic (exact) mass is 191 g/mol. The van der Waals surface area contributed by atoms with Crippen LogP contribution in [0, 0.1) is 6.57 Å². The molecule has 0 aromatic heterocycles. The molecule has 0 aliphatic carbocycles. The van der Waals surface area contributed by atoms with Crippen LogP contribution in [-0.4, -0.2) is 20.2 Å². The van der Waals surface area contributed by atoms with E-state index < -0.39 is 5.97 Å². The van der Waals surface area contributed by atoms with Gasteiger partial charge in [0.2, 0.25) is 5.69 Å². The van der Waals surface area contributed by atoms with Crippen molar-refractivity contribution in [2.24, 2.45) is 0 Å². The molecular formula is C10H9NO3. The average Bonchev–Trinajstić information content (AvgIpc) is 2.26. The van der Waals surface area contributed by atoms with Crippen LogP contribution in [-0.2, 0) is 4.74 Å². The van der Waals surface area contributed by atoms with Gasteiger partial charge in [0.15, 0.2) is 0 Å². The standard InChI is InChI=1S/C10H9NO3/c1-11-8-5-4-7(10(12)14-3)6-9(8)13-2/h4-6H,2-3H3. The van der Waals surface area contributed by atoms with E-state index in [1.165, 1.54) is 32.4 Å². The Morgan fingerprint density at radius 1 is 1.43 bits per heavy atom. The molecule has 0 aliphatic rings. The van der Waals surface area contributed by atoms with E-state index in [4.69, 9.17) is 11.3 Å². The number of nitrogens with zero attached hydrogens (tertiary/aromatic N) is 1. The van der Waals surface area contributed by atoms with E-state index in [-0.39, 0.29) is 0 Å². The number of esters is 1. The number of carbonyl (C=O) groups is 1. The molecule has 14 heavy (non-hydrogen) atoms. The fourth-order valence-corrected chi connectivity index (χ4v) is 1.01. The zero-order valence-corrected chi connectivity index (χ0v) is 7.90. The third-order valence-corrected chi connectivity index (χ3v) is 1.72. The van der Waals surface area contributed by atoms with Crippen molar-refractivity contribution < 1.29 is 14.3 Å². The number of hydrogen-bond acceptors (Lipinski definition) is 3. The topological polar surface area (TPSA) is 39.9 Å². The Morgan fingerprint density at radius 2 is 2.14 bits per heavy atom. The van der Waals surface area contributed by atoms with Gasteiger partial charge < -0.3 is 9.47 Å². The summed E-state index contributed by atoms with van der Waals surface area (Å²) in [5.41, 5.74) is 0.747. The van der Waals surface area contributed by atoms with Crippen molar-refractivity contribution in [2.45, 2.75) is 0 Å². The van der Waals surface area contributed by atoms with Gasteiger partial charge in [-0.25, -0.2) is 9.64 Å². The van der Waals surface area contributed by atoms with E-state index in [1.807, 2.05) is 0 Å². The van der Waals surface area contributed by atoms with Crippen LogP contribution in [0.2, 0.25) is 0 Å². The lowest BCUT2D eigenvalue weighted by Crippen LogP contribution is -2.00. The molecule has 72 valence electrons. The predicted octanol–water partition coefficient (Wildman–Crippen LogP) is 2.03. The molecule has 1 aromatic rings. The SMILES string of the molecule is [C-]#[N+]c1ccc(C(=O)OC)cc1OC. The Balaban J connectivity index is 3.15. The lowest BCUT2D eigenvalue weighted by Gasteiger charge is -2.04. The quantitative estimate of drug-likeness (QED) is 0.530. The van der Waals surface area contributed by atoms with E-state index in [0.29, 0.717) is 17.0 Å². The van der Waals surface area contributed by atoms with Gasteiger partial charge in [-0.15, -0.1) is 0 Å². The van der Waals surface area contributed by atoms with Crippen LogP contribution in [0.25, 0.3) is 4.85 Å². The first-order valence-corrected chi connectivity index (χ1v) is 3.86. The summed E-state index contributed by atoms with van der Waals surface area (Å²) in [7, 11) is 2.75. The Morgan fingerprint density at radius 3 is 2.64 bits per heavy atom. The summed E-state index contributed by atoms with van der Waals surface area (Å²) in [6.45, 7) is 6.84. The van der Waals surface area contributed by atoms with Crippen molar-refractivity contribution in [1.82, 2.24) is 0 Å². The fourth-order valence-electron chi connectivity index (χ4n) is 1.01. The van der Waals surface area contributed by atoms with Crippen LogP contribution in [0.4, 0.5) is 5.69 Å². The normalized spacial score (nSPS) is 8.93. The van der Waals surface area contributed by atoms with Crippen LogP contribution < -0.4 is 4.74 Å². The number of hydrogen-bond donors (Lipinski definition) is 0. The molecule has 0 aliphatic heterocycles. The minimum absolute atomic E-state index is 0.372. The largest absolute Gasteiger partial charge is 0.508 e. The molecule has 0 spiro atoms. The number of carbonyl (C=O) groups excluding carboxylic acids is 1. The average molecular weight is 191 g/mol. The van der Waals surface area contributed by atoms with Crippen LogP contribution in [0.1, 0.15) is 10.4 Å². The summed E-state index contributed by atoms with van der Waals surface area (Å²) in [6, 6.07) is 4.54. The van der Waals surface area contributed by atoms with Gasteiger partial charge in [-0.3, -0.25) is 0 Å². The minimum atomic E-state index is -0.445.